The van der Waals surface area contributed by atoms with Crippen molar-refractivity contribution in [1.29, 1.82) is 0 Å². The van der Waals surface area contributed by atoms with Crippen molar-refractivity contribution >= 4 is 34.1 Å². The standard InChI is InChI=1S/C21H15O/c1-2-8-16(9-3-1)14-15-17-18-10-4-6-12-20(18)22-21-13-7-5-11-19(17)21/h1-15H/q+1/b15-14+. The fraction of sp³-hybridized carbons (Fsp3) is 0. The second-order valence-electron chi connectivity index (χ2n) is 5.25. The molecule has 1 aromatic heterocycles. The van der Waals surface area contributed by atoms with Gasteiger partial charge in [-0.2, -0.15) is 0 Å². The molecule has 1 heteroatoms. The Morgan fingerprint density at radius 3 is 1.73 bits per heavy atom. The average molecular weight is 283 g/mol. The molecule has 4 rings (SSSR count). The van der Waals surface area contributed by atoms with Crippen molar-refractivity contribution in [3.63, 3.8) is 0 Å². The summed E-state index contributed by atoms with van der Waals surface area (Å²) in [5, 5.41) is 2.27. The van der Waals surface area contributed by atoms with Crippen LogP contribution in [-0.4, -0.2) is 0 Å². The van der Waals surface area contributed by atoms with Crippen LogP contribution in [-0.2, 0) is 0 Å². The first-order valence-electron chi connectivity index (χ1n) is 7.38. The van der Waals surface area contributed by atoms with Gasteiger partial charge in [0, 0.05) is 17.7 Å². The number of rotatable bonds is 2. The quantitative estimate of drug-likeness (QED) is 0.322. The van der Waals surface area contributed by atoms with E-state index in [-0.39, 0.29) is 0 Å². The van der Waals surface area contributed by atoms with Gasteiger partial charge in [-0.1, -0.05) is 66.7 Å². The van der Waals surface area contributed by atoms with Crippen molar-refractivity contribution in [3.05, 3.63) is 90.0 Å². The van der Waals surface area contributed by atoms with Gasteiger partial charge in [0.25, 0.3) is 0 Å². The van der Waals surface area contributed by atoms with E-state index in [0.717, 1.165) is 21.9 Å². The van der Waals surface area contributed by atoms with E-state index in [1.54, 1.807) is 0 Å². The maximum absolute atomic E-state index is 6.00. The maximum atomic E-state index is 6.00. The topological polar surface area (TPSA) is 11.3 Å². The molecule has 0 bridgehead atoms. The van der Waals surface area contributed by atoms with Crippen LogP contribution in [0.4, 0.5) is 0 Å². The summed E-state index contributed by atoms with van der Waals surface area (Å²) in [6, 6.07) is 26.7. The highest BCUT2D eigenvalue weighted by atomic mass is 16.3. The van der Waals surface area contributed by atoms with Gasteiger partial charge in [0.05, 0.1) is 10.8 Å². The summed E-state index contributed by atoms with van der Waals surface area (Å²) in [4.78, 5) is 0. The molecule has 4 aromatic rings. The molecule has 0 radical (unpaired) electrons. The third-order valence-electron chi connectivity index (χ3n) is 3.82. The van der Waals surface area contributed by atoms with Crippen molar-refractivity contribution in [1.82, 2.24) is 0 Å². The molecular weight excluding hydrogens is 268 g/mol. The average Bonchev–Trinajstić information content (AvgIpc) is 2.59. The van der Waals surface area contributed by atoms with Crippen molar-refractivity contribution in [2.45, 2.75) is 0 Å². The highest BCUT2D eigenvalue weighted by Gasteiger charge is 2.15. The minimum absolute atomic E-state index is 0.911. The predicted octanol–water partition coefficient (Wildman–Crippen LogP) is 6.04. The van der Waals surface area contributed by atoms with E-state index >= 15 is 0 Å². The highest BCUT2D eigenvalue weighted by molar-refractivity contribution is 6.02. The van der Waals surface area contributed by atoms with Crippen LogP contribution in [0.1, 0.15) is 11.1 Å². The number of para-hydroxylation sites is 2. The number of fused-ring (bicyclic) bond motifs is 2. The summed E-state index contributed by atoms with van der Waals surface area (Å²) in [5.41, 5.74) is 4.21. The fourth-order valence-electron chi connectivity index (χ4n) is 2.74. The van der Waals surface area contributed by atoms with Gasteiger partial charge in [0.1, 0.15) is 0 Å². The van der Waals surface area contributed by atoms with Crippen molar-refractivity contribution < 1.29 is 4.42 Å². The summed E-state index contributed by atoms with van der Waals surface area (Å²) in [6.07, 6.45) is 4.32. The summed E-state index contributed by atoms with van der Waals surface area (Å²) in [7, 11) is 0. The van der Waals surface area contributed by atoms with Crippen LogP contribution in [0.5, 0.6) is 0 Å². The Morgan fingerprint density at radius 2 is 1.09 bits per heavy atom. The van der Waals surface area contributed by atoms with Crippen LogP contribution in [0.3, 0.4) is 0 Å². The van der Waals surface area contributed by atoms with E-state index in [1.807, 2.05) is 42.5 Å². The maximum Gasteiger partial charge on any atom is 0.361 e. The van der Waals surface area contributed by atoms with Gasteiger partial charge >= 0.3 is 11.2 Å². The SMILES string of the molecule is C(=C\c1c2ccccc2[o+]c2ccccc12)/c1ccccc1. The zero-order chi connectivity index (χ0) is 14.8. The third-order valence-corrected chi connectivity index (χ3v) is 3.82. The molecule has 0 saturated carbocycles. The molecule has 0 spiro atoms. The van der Waals surface area contributed by atoms with Crippen LogP contribution in [0.2, 0.25) is 0 Å². The minimum atomic E-state index is 0.911. The number of benzene rings is 3. The monoisotopic (exact) mass is 283 g/mol. The molecule has 0 aliphatic carbocycles. The molecule has 22 heavy (non-hydrogen) atoms. The lowest BCUT2D eigenvalue weighted by molar-refractivity contribution is 0.660. The molecule has 0 unspecified atom stereocenters. The third kappa shape index (κ3) is 2.27. The Labute approximate surface area is 129 Å². The first-order chi connectivity index (χ1) is 10.9. The zero-order valence-corrected chi connectivity index (χ0v) is 12.1. The van der Waals surface area contributed by atoms with Crippen LogP contribution >= 0.6 is 0 Å². The summed E-state index contributed by atoms with van der Waals surface area (Å²) in [5.74, 6) is 0. The fourth-order valence-corrected chi connectivity index (χ4v) is 2.74. The normalized spacial score (nSPS) is 11.5. The van der Waals surface area contributed by atoms with Crippen molar-refractivity contribution in [3.8, 4) is 0 Å². The minimum Gasteiger partial charge on any atom is -0.207 e. The molecule has 1 nitrogen and oxygen atoms in total. The molecular formula is C21H15O+. The molecule has 104 valence electrons. The lowest BCUT2D eigenvalue weighted by Crippen LogP contribution is -1.83. The lowest BCUT2D eigenvalue weighted by Gasteiger charge is -2.00. The Morgan fingerprint density at radius 1 is 0.545 bits per heavy atom. The molecule has 0 aliphatic rings. The Hall–Kier alpha value is -2.93. The first-order valence-corrected chi connectivity index (χ1v) is 7.38. The Balaban J connectivity index is 1.98. The van der Waals surface area contributed by atoms with Gasteiger partial charge in [-0.25, -0.2) is 4.42 Å². The van der Waals surface area contributed by atoms with Gasteiger partial charge in [-0.3, -0.25) is 0 Å². The van der Waals surface area contributed by atoms with Gasteiger partial charge in [0.15, 0.2) is 0 Å². The van der Waals surface area contributed by atoms with E-state index in [0.29, 0.717) is 0 Å². The van der Waals surface area contributed by atoms with Crippen molar-refractivity contribution in [2.24, 2.45) is 0 Å². The Bertz CT molecular complexity index is 915. The van der Waals surface area contributed by atoms with E-state index < -0.39 is 0 Å². The van der Waals surface area contributed by atoms with Crippen LogP contribution in [0, 0.1) is 0 Å². The second-order valence-corrected chi connectivity index (χ2v) is 5.25. The van der Waals surface area contributed by atoms with E-state index in [1.165, 1.54) is 11.1 Å². The summed E-state index contributed by atoms with van der Waals surface area (Å²) < 4.78 is 6.00. The first kappa shape index (κ1) is 12.8. The van der Waals surface area contributed by atoms with Crippen LogP contribution in [0.25, 0.3) is 34.1 Å². The van der Waals surface area contributed by atoms with Crippen LogP contribution in [0.15, 0.2) is 83.3 Å². The molecule has 0 saturated heterocycles. The van der Waals surface area contributed by atoms with Gasteiger partial charge < -0.3 is 0 Å². The molecule has 3 aromatic carbocycles. The number of hydrogen-bond donors (Lipinski definition) is 0. The van der Waals surface area contributed by atoms with Gasteiger partial charge in [-0.05, 0) is 17.7 Å². The summed E-state index contributed by atoms with van der Waals surface area (Å²) >= 11 is 0. The number of hydrogen-bond acceptors (Lipinski definition) is 0. The smallest absolute Gasteiger partial charge is 0.207 e. The molecule has 0 amide bonds. The molecule has 1 heterocycles. The van der Waals surface area contributed by atoms with Crippen LogP contribution < -0.4 is 0 Å². The van der Waals surface area contributed by atoms with E-state index in [2.05, 4.69) is 48.6 Å². The molecule has 0 atom stereocenters. The summed E-state index contributed by atoms with van der Waals surface area (Å²) in [6.45, 7) is 0. The second kappa shape index (κ2) is 5.45. The lowest BCUT2D eigenvalue weighted by atomic mass is 10.0. The molecule has 0 fully saturated rings. The van der Waals surface area contributed by atoms with E-state index in [4.69, 9.17) is 4.42 Å². The predicted molar refractivity (Wildman–Crippen MR) is 93.5 cm³/mol. The van der Waals surface area contributed by atoms with E-state index in [9.17, 15) is 0 Å². The largest absolute Gasteiger partial charge is 0.361 e. The highest BCUT2D eigenvalue weighted by Crippen LogP contribution is 2.29. The van der Waals surface area contributed by atoms with Gasteiger partial charge in [0.2, 0.25) is 0 Å². The molecule has 0 aliphatic heterocycles. The Kier molecular flexibility index (Phi) is 3.17. The van der Waals surface area contributed by atoms with Crippen molar-refractivity contribution in [2.75, 3.05) is 0 Å². The molecule has 0 N–H and O–H groups in total. The zero-order valence-electron chi connectivity index (χ0n) is 12.1. The van der Waals surface area contributed by atoms with Gasteiger partial charge in [-0.15, -0.1) is 0 Å².